The van der Waals surface area contributed by atoms with Crippen LogP contribution in [0.3, 0.4) is 0 Å². The summed E-state index contributed by atoms with van der Waals surface area (Å²) in [5.41, 5.74) is 7.60. The van der Waals surface area contributed by atoms with Crippen LogP contribution in [-0.2, 0) is 17.8 Å². The van der Waals surface area contributed by atoms with E-state index in [2.05, 4.69) is 80.6 Å². The Morgan fingerprint density at radius 2 is 1.71 bits per heavy atom. The van der Waals surface area contributed by atoms with E-state index in [1.54, 1.807) is 0 Å². The first kappa shape index (κ1) is 24.3. The molecule has 4 aromatic rings. The molecule has 4 aromatic carbocycles. The van der Waals surface area contributed by atoms with Gasteiger partial charge in [-0.05, 0) is 74.0 Å². The summed E-state index contributed by atoms with van der Waals surface area (Å²) in [6.07, 6.45) is 6.57. The molecular weight excluding hydrogens is 500 g/mol. The van der Waals surface area contributed by atoms with E-state index in [-0.39, 0.29) is 6.04 Å². The highest BCUT2D eigenvalue weighted by Crippen LogP contribution is 2.38. The van der Waals surface area contributed by atoms with Crippen molar-refractivity contribution in [1.82, 2.24) is 0 Å². The van der Waals surface area contributed by atoms with Gasteiger partial charge in [0.05, 0.1) is 11.6 Å². The summed E-state index contributed by atoms with van der Waals surface area (Å²) >= 11 is 0. The molecule has 4 aliphatic rings. The van der Waals surface area contributed by atoms with Gasteiger partial charge in [-0.15, -0.1) is 0 Å². The van der Waals surface area contributed by atoms with Gasteiger partial charge in [-0.3, -0.25) is 4.99 Å². The van der Waals surface area contributed by atoms with Gasteiger partial charge in [0.2, 0.25) is 0 Å². The zero-order valence-corrected chi connectivity index (χ0v) is 23.4. The van der Waals surface area contributed by atoms with Crippen LogP contribution in [0.2, 0.25) is 0 Å². The summed E-state index contributed by atoms with van der Waals surface area (Å²) in [6, 6.07) is 33.0. The van der Waals surface area contributed by atoms with E-state index in [4.69, 9.17) is 14.7 Å². The molecule has 0 aromatic heterocycles. The third-order valence-electron chi connectivity index (χ3n) is 9.16. The van der Waals surface area contributed by atoms with E-state index < -0.39 is 0 Å². The molecule has 41 heavy (non-hydrogen) atoms. The van der Waals surface area contributed by atoms with Gasteiger partial charge >= 0.3 is 0 Å². The van der Waals surface area contributed by atoms with E-state index in [9.17, 15) is 0 Å². The molecule has 1 radical (unpaired) electrons. The molecule has 199 valence electrons. The lowest BCUT2D eigenvalue weighted by Gasteiger charge is -2.32. The molecule has 3 atom stereocenters. The first-order valence-corrected chi connectivity index (χ1v) is 14.7. The summed E-state index contributed by atoms with van der Waals surface area (Å²) in [5, 5.41) is 7.54. The molecule has 2 heterocycles. The van der Waals surface area contributed by atoms with Crippen LogP contribution in [0.5, 0.6) is 0 Å². The molecular formula is C38H31N2O. The lowest BCUT2D eigenvalue weighted by Crippen LogP contribution is -2.35. The van der Waals surface area contributed by atoms with Crippen molar-refractivity contribution in [3.63, 3.8) is 0 Å². The van der Waals surface area contributed by atoms with Gasteiger partial charge < -0.3 is 4.74 Å². The fraction of sp³-hybridized carbons (Fsp3) is 0.211. The SMILES string of the molecule is CC1CCc2c3c(ccc2=C1C1N=CC(OCc2ccccc2)=C2N=c4c[c]ccc4=C21)=c1ccccc1=CC3C. The number of ether oxygens (including phenoxy) is 1. The first-order valence-electron chi connectivity index (χ1n) is 14.7. The lowest BCUT2D eigenvalue weighted by molar-refractivity contribution is 0.216. The quantitative estimate of drug-likeness (QED) is 0.374. The Labute approximate surface area is 239 Å². The summed E-state index contributed by atoms with van der Waals surface area (Å²) in [6.45, 7) is 5.20. The third-order valence-corrected chi connectivity index (χ3v) is 9.16. The highest BCUT2D eigenvalue weighted by atomic mass is 16.5. The second-order valence-electron chi connectivity index (χ2n) is 11.6. The number of allylic oxidation sites excluding steroid dienone is 1. The summed E-state index contributed by atoms with van der Waals surface area (Å²) < 4.78 is 6.36. The van der Waals surface area contributed by atoms with E-state index in [0.29, 0.717) is 18.4 Å². The molecule has 8 rings (SSSR count). The Morgan fingerprint density at radius 3 is 2.61 bits per heavy atom. The van der Waals surface area contributed by atoms with Crippen LogP contribution in [0.25, 0.3) is 17.2 Å². The maximum atomic E-state index is 6.36. The monoisotopic (exact) mass is 531 g/mol. The fourth-order valence-corrected chi connectivity index (χ4v) is 7.27. The highest BCUT2D eigenvalue weighted by Gasteiger charge is 2.35. The van der Waals surface area contributed by atoms with Crippen molar-refractivity contribution in [3.8, 4) is 0 Å². The number of aliphatic imine (C=N–C) groups is 1. The van der Waals surface area contributed by atoms with Crippen LogP contribution in [0, 0.1) is 22.4 Å². The summed E-state index contributed by atoms with van der Waals surface area (Å²) in [4.78, 5) is 10.3. The van der Waals surface area contributed by atoms with Crippen LogP contribution < -0.4 is 21.0 Å². The van der Waals surface area contributed by atoms with Crippen molar-refractivity contribution >= 4 is 23.4 Å². The molecule has 0 saturated heterocycles. The number of hydrogen-bond donors (Lipinski definition) is 0. The first-order chi connectivity index (χ1) is 20.2. The lowest BCUT2D eigenvalue weighted by atomic mass is 9.75. The molecule has 0 bridgehead atoms. The highest BCUT2D eigenvalue weighted by molar-refractivity contribution is 5.94. The molecule has 0 N–H and O–H groups in total. The molecule has 3 nitrogen and oxygen atoms in total. The van der Waals surface area contributed by atoms with Crippen molar-refractivity contribution < 1.29 is 4.74 Å². The molecule has 0 amide bonds. The Morgan fingerprint density at radius 1 is 0.878 bits per heavy atom. The Kier molecular flexibility index (Phi) is 5.67. The molecule has 0 spiro atoms. The van der Waals surface area contributed by atoms with Gasteiger partial charge in [-0.1, -0.05) is 98.8 Å². The van der Waals surface area contributed by atoms with Gasteiger partial charge in [0.1, 0.15) is 18.3 Å². The minimum absolute atomic E-state index is 0.0938. The standard InChI is InChI=1S/C38H31N2O/c1-23-16-17-29-30(19-18-28-27-13-7-6-12-26(27)20-24(2)34(28)29)35(23)38-36-31-14-8-9-15-32(31)40-37(36)33(21-39-38)41-22-25-10-4-3-5-11-25/h3-8,10-15,18-21,23-24,38H,16-17,22H2,1-2H3. The van der Waals surface area contributed by atoms with E-state index in [1.807, 2.05) is 36.5 Å². The summed E-state index contributed by atoms with van der Waals surface area (Å²) in [7, 11) is 0. The smallest absolute Gasteiger partial charge is 0.163 e. The molecule has 0 fully saturated rings. The second-order valence-corrected chi connectivity index (χ2v) is 11.6. The van der Waals surface area contributed by atoms with Gasteiger partial charge in [0.25, 0.3) is 0 Å². The third kappa shape index (κ3) is 3.87. The predicted molar refractivity (Wildman–Crippen MR) is 164 cm³/mol. The Balaban J connectivity index is 1.34. The van der Waals surface area contributed by atoms with E-state index >= 15 is 0 Å². The normalized spacial score (nSPS) is 21.7. The van der Waals surface area contributed by atoms with Gasteiger partial charge in [-0.2, -0.15) is 0 Å². The average molecular weight is 532 g/mol. The number of dihydropyridines is 1. The van der Waals surface area contributed by atoms with Crippen molar-refractivity contribution in [2.24, 2.45) is 15.9 Å². The van der Waals surface area contributed by atoms with Crippen LogP contribution >= 0.6 is 0 Å². The fourth-order valence-electron chi connectivity index (χ4n) is 7.27. The topological polar surface area (TPSA) is 34.0 Å². The Bertz CT molecular complexity index is 2140. The maximum absolute atomic E-state index is 6.36. The predicted octanol–water partition coefficient (Wildman–Crippen LogP) is 4.77. The van der Waals surface area contributed by atoms with Gasteiger partial charge in [0.15, 0.2) is 5.76 Å². The number of nitrogens with zero attached hydrogens (tertiary/aromatic N) is 2. The van der Waals surface area contributed by atoms with Crippen LogP contribution in [0.15, 0.2) is 106 Å². The van der Waals surface area contributed by atoms with Crippen LogP contribution in [-0.4, -0.2) is 12.3 Å². The largest absolute Gasteiger partial charge is 0.485 e. The van der Waals surface area contributed by atoms with Crippen molar-refractivity contribution in [2.45, 2.75) is 45.3 Å². The number of fused-ring (bicyclic) bond motifs is 6. The molecule has 2 aliphatic carbocycles. The number of benzene rings is 4. The second kappa shape index (κ2) is 9.55. The van der Waals surface area contributed by atoms with Gasteiger partial charge in [-0.25, -0.2) is 4.99 Å². The van der Waals surface area contributed by atoms with Crippen LogP contribution in [0.4, 0.5) is 0 Å². The molecule has 3 unspecified atom stereocenters. The van der Waals surface area contributed by atoms with E-state index in [1.165, 1.54) is 37.6 Å². The van der Waals surface area contributed by atoms with Crippen LogP contribution in [0.1, 0.15) is 42.9 Å². The number of hydrogen-bond acceptors (Lipinski definition) is 3. The molecule has 0 saturated carbocycles. The Hall–Kier alpha value is -4.50. The van der Waals surface area contributed by atoms with Gasteiger partial charge in [0, 0.05) is 16.7 Å². The average Bonchev–Trinajstić information content (AvgIpc) is 3.40. The number of rotatable bonds is 4. The zero-order valence-electron chi connectivity index (χ0n) is 23.4. The van der Waals surface area contributed by atoms with Crippen molar-refractivity contribution in [1.29, 1.82) is 0 Å². The minimum atomic E-state index is -0.0938. The molecule has 2 aliphatic heterocycles. The zero-order chi connectivity index (χ0) is 27.5. The minimum Gasteiger partial charge on any atom is -0.485 e. The summed E-state index contributed by atoms with van der Waals surface area (Å²) in [5.74, 6) is 1.53. The molecule has 3 heteroatoms. The van der Waals surface area contributed by atoms with Crippen molar-refractivity contribution in [2.75, 3.05) is 0 Å². The van der Waals surface area contributed by atoms with E-state index in [0.717, 1.165) is 46.0 Å². The maximum Gasteiger partial charge on any atom is 0.163 e. The van der Waals surface area contributed by atoms with Crippen molar-refractivity contribution in [3.05, 3.63) is 151 Å².